The van der Waals surface area contributed by atoms with Crippen molar-refractivity contribution in [2.24, 2.45) is 0 Å². The molecule has 0 aliphatic heterocycles. The minimum atomic E-state index is -0.715. The molecular weight excluding hydrogens is 158 g/mol. The van der Waals surface area contributed by atoms with E-state index in [2.05, 4.69) is 10.1 Å². The maximum absolute atomic E-state index is 10.8. The van der Waals surface area contributed by atoms with Crippen molar-refractivity contribution < 1.29 is 14.3 Å². The lowest BCUT2D eigenvalue weighted by Gasteiger charge is -2.05. The Kier molecular flexibility index (Phi) is 4.76. The second kappa shape index (κ2) is 5.35. The number of amides is 1. The van der Waals surface area contributed by atoms with E-state index >= 15 is 0 Å². The van der Waals surface area contributed by atoms with Gasteiger partial charge in [0.25, 0.3) is 0 Å². The molecule has 4 nitrogen and oxygen atoms in total. The number of allylic oxidation sites excluding steroid dienone is 1. The molecule has 0 saturated carbocycles. The number of ether oxygens (including phenoxy) is 1. The molecule has 68 valence electrons. The molecule has 0 rings (SSSR count). The van der Waals surface area contributed by atoms with Crippen LogP contribution in [0.25, 0.3) is 0 Å². The van der Waals surface area contributed by atoms with Gasteiger partial charge in [-0.1, -0.05) is 6.08 Å². The quantitative estimate of drug-likeness (QED) is 0.386. The Morgan fingerprint density at radius 2 is 2.00 bits per heavy atom. The lowest BCUT2D eigenvalue weighted by molar-refractivity contribution is -0.131. The van der Waals surface area contributed by atoms with Crippen molar-refractivity contribution in [1.29, 1.82) is 0 Å². The number of hydrogen-bond donors (Lipinski definition) is 1. The fraction of sp³-hybridized carbons (Fsp3) is 0.500. The smallest absolute Gasteiger partial charge is 0.373 e. The van der Waals surface area contributed by atoms with E-state index in [1.807, 2.05) is 0 Å². The van der Waals surface area contributed by atoms with Gasteiger partial charge in [0.2, 0.25) is 0 Å². The van der Waals surface area contributed by atoms with Gasteiger partial charge in [-0.25, -0.2) is 9.59 Å². The predicted molar refractivity (Wildman–Crippen MR) is 44.6 cm³/mol. The third-order valence-corrected chi connectivity index (χ3v) is 0.903. The zero-order chi connectivity index (χ0) is 9.56. The van der Waals surface area contributed by atoms with Crippen LogP contribution in [0.1, 0.15) is 20.8 Å². The number of nitrogens with one attached hydrogen (secondary N) is 1. The topological polar surface area (TPSA) is 55.4 Å². The summed E-state index contributed by atoms with van der Waals surface area (Å²) < 4.78 is 4.33. The highest BCUT2D eigenvalue weighted by Crippen LogP contribution is 1.85. The normalized spacial score (nSPS) is 10.3. The molecule has 0 radical (unpaired) electrons. The van der Waals surface area contributed by atoms with Gasteiger partial charge in [0.05, 0.1) is 0 Å². The third kappa shape index (κ3) is 5.46. The first kappa shape index (κ1) is 10.7. The summed E-state index contributed by atoms with van der Waals surface area (Å²) >= 11 is 0. The molecule has 0 heterocycles. The first-order valence-electron chi connectivity index (χ1n) is 3.71. The summed E-state index contributed by atoms with van der Waals surface area (Å²) in [5.74, 6) is -0.657. The van der Waals surface area contributed by atoms with Crippen LogP contribution in [0.2, 0.25) is 0 Å². The van der Waals surface area contributed by atoms with Crippen molar-refractivity contribution in [3.05, 3.63) is 12.2 Å². The summed E-state index contributed by atoms with van der Waals surface area (Å²) in [6, 6.07) is -0.0316. The Balaban J connectivity index is 3.77. The van der Waals surface area contributed by atoms with Crippen LogP contribution in [-0.2, 0) is 9.53 Å². The van der Waals surface area contributed by atoms with Crippen LogP contribution in [0.15, 0.2) is 12.2 Å². The molecule has 0 saturated heterocycles. The van der Waals surface area contributed by atoms with Gasteiger partial charge in [-0.3, -0.25) is 0 Å². The molecule has 1 N–H and O–H groups in total. The van der Waals surface area contributed by atoms with Gasteiger partial charge < -0.3 is 10.1 Å². The van der Waals surface area contributed by atoms with Crippen LogP contribution in [-0.4, -0.2) is 18.1 Å². The van der Waals surface area contributed by atoms with Gasteiger partial charge >= 0.3 is 12.1 Å². The van der Waals surface area contributed by atoms with Gasteiger partial charge in [0.15, 0.2) is 0 Å². The van der Waals surface area contributed by atoms with Crippen LogP contribution < -0.4 is 5.32 Å². The number of carbonyl (C=O) groups is 2. The lowest BCUT2D eigenvalue weighted by atomic mass is 10.4. The largest absolute Gasteiger partial charge is 0.415 e. The van der Waals surface area contributed by atoms with E-state index in [0.29, 0.717) is 0 Å². The number of rotatable bonds is 2. The van der Waals surface area contributed by atoms with Crippen molar-refractivity contribution in [2.45, 2.75) is 26.8 Å². The van der Waals surface area contributed by atoms with Crippen LogP contribution in [0, 0.1) is 0 Å². The van der Waals surface area contributed by atoms with Crippen LogP contribution in [0.5, 0.6) is 0 Å². The molecular formula is C8H13NO3. The van der Waals surface area contributed by atoms with Crippen molar-refractivity contribution in [3.63, 3.8) is 0 Å². The van der Waals surface area contributed by atoms with Crippen molar-refractivity contribution >= 4 is 12.1 Å². The molecule has 0 aromatic heterocycles. The van der Waals surface area contributed by atoms with Gasteiger partial charge in [-0.2, -0.15) is 0 Å². The third-order valence-electron chi connectivity index (χ3n) is 0.903. The summed E-state index contributed by atoms with van der Waals surface area (Å²) in [7, 11) is 0. The first-order valence-corrected chi connectivity index (χ1v) is 3.71. The van der Waals surface area contributed by atoms with Crippen molar-refractivity contribution in [2.75, 3.05) is 0 Å². The van der Waals surface area contributed by atoms with Crippen LogP contribution in [0.3, 0.4) is 0 Å². The molecule has 0 bridgehead atoms. The molecule has 0 aliphatic rings. The van der Waals surface area contributed by atoms with E-state index in [0.717, 1.165) is 0 Å². The highest BCUT2D eigenvalue weighted by atomic mass is 16.6. The molecule has 0 aromatic carbocycles. The monoisotopic (exact) mass is 171 g/mol. The molecule has 0 unspecified atom stereocenters. The Bertz CT molecular complexity index is 196. The molecule has 12 heavy (non-hydrogen) atoms. The molecule has 0 spiro atoms. The maximum atomic E-state index is 10.8. The zero-order valence-corrected chi connectivity index (χ0v) is 7.46. The first-order chi connectivity index (χ1) is 5.56. The minimum absolute atomic E-state index is 0.0316. The molecule has 4 heteroatoms. The molecule has 0 fully saturated rings. The van der Waals surface area contributed by atoms with Crippen LogP contribution in [0.4, 0.5) is 4.79 Å². The molecule has 0 aromatic rings. The Morgan fingerprint density at radius 3 is 2.42 bits per heavy atom. The predicted octanol–water partition coefficient (Wildman–Crippen LogP) is 1.22. The van der Waals surface area contributed by atoms with E-state index in [-0.39, 0.29) is 6.04 Å². The SMILES string of the molecule is CC=CC(=O)OC(=O)NC(C)C. The van der Waals surface area contributed by atoms with E-state index in [1.54, 1.807) is 20.8 Å². The fourth-order valence-electron chi connectivity index (χ4n) is 0.527. The standard InChI is InChI=1S/C8H13NO3/c1-4-5-7(10)12-8(11)9-6(2)3/h4-6H,1-3H3,(H,9,11). The Hall–Kier alpha value is -1.32. The number of carbonyl (C=O) groups excluding carboxylic acids is 2. The van der Waals surface area contributed by atoms with E-state index in [9.17, 15) is 9.59 Å². The average Bonchev–Trinajstić information content (AvgIpc) is 1.84. The minimum Gasteiger partial charge on any atom is -0.373 e. The average molecular weight is 171 g/mol. The van der Waals surface area contributed by atoms with E-state index in [1.165, 1.54) is 12.2 Å². The van der Waals surface area contributed by atoms with Crippen molar-refractivity contribution in [1.82, 2.24) is 5.32 Å². The van der Waals surface area contributed by atoms with Gasteiger partial charge in [0.1, 0.15) is 0 Å². The highest BCUT2D eigenvalue weighted by Gasteiger charge is 2.07. The zero-order valence-electron chi connectivity index (χ0n) is 7.46. The Morgan fingerprint density at radius 1 is 1.42 bits per heavy atom. The summed E-state index contributed by atoms with van der Waals surface area (Å²) in [5.41, 5.74) is 0. The molecule has 0 atom stereocenters. The highest BCUT2D eigenvalue weighted by molar-refractivity contribution is 5.91. The summed E-state index contributed by atoms with van der Waals surface area (Å²) in [4.78, 5) is 21.4. The summed E-state index contributed by atoms with van der Waals surface area (Å²) in [6.45, 7) is 5.23. The van der Waals surface area contributed by atoms with E-state index in [4.69, 9.17) is 0 Å². The maximum Gasteiger partial charge on any atom is 0.415 e. The number of alkyl carbamates (subject to hydrolysis) is 1. The van der Waals surface area contributed by atoms with Crippen LogP contribution >= 0.6 is 0 Å². The molecule has 0 aliphatic carbocycles. The second-order valence-corrected chi connectivity index (χ2v) is 2.51. The molecule has 1 amide bonds. The fourth-order valence-corrected chi connectivity index (χ4v) is 0.527. The van der Waals surface area contributed by atoms with E-state index < -0.39 is 12.1 Å². The van der Waals surface area contributed by atoms with Gasteiger partial charge in [0, 0.05) is 12.1 Å². The number of esters is 1. The van der Waals surface area contributed by atoms with Crippen molar-refractivity contribution in [3.8, 4) is 0 Å². The lowest BCUT2D eigenvalue weighted by Crippen LogP contribution is -2.31. The second-order valence-electron chi connectivity index (χ2n) is 2.51. The number of hydrogen-bond acceptors (Lipinski definition) is 3. The Labute approximate surface area is 71.6 Å². The van der Waals surface area contributed by atoms with Gasteiger partial charge in [-0.05, 0) is 20.8 Å². The van der Waals surface area contributed by atoms with Gasteiger partial charge in [-0.15, -0.1) is 0 Å². The summed E-state index contributed by atoms with van der Waals surface area (Å²) in [6.07, 6.45) is 1.97. The summed E-state index contributed by atoms with van der Waals surface area (Å²) in [5, 5.41) is 2.42.